The van der Waals surface area contributed by atoms with Crippen LogP contribution in [0.25, 0.3) is 11.0 Å². The lowest BCUT2D eigenvalue weighted by molar-refractivity contribution is 0.0353. The van der Waals surface area contributed by atoms with Gasteiger partial charge in [-0.2, -0.15) is 0 Å². The summed E-state index contributed by atoms with van der Waals surface area (Å²) >= 11 is 0. The monoisotopic (exact) mass is 490 g/mol. The number of amides is 1. The number of hydrogen-bond acceptors (Lipinski definition) is 6. The molecule has 0 bridgehead atoms. The van der Waals surface area contributed by atoms with Crippen LogP contribution in [-0.4, -0.2) is 61.7 Å². The molecule has 2 aliphatic rings. The Labute approximate surface area is 211 Å². The second-order valence-electron chi connectivity index (χ2n) is 9.73. The van der Waals surface area contributed by atoms with Gasteiger partial charge in [-0.05, 0) is 67.6 Å². The average molecular weight is 491 g/mol. The molecule has 2 aromatic carbocycles. The molecule has 1 amide bonds. The third-order valence-corrected chi connectivity index (χ3v) is 7.23. The van der Waals surface area contributed by atoms with Gasteiger partial charge in [-0.1, -0.05) is 19.1 Å². The van der Waals surface area contributed by atoms with Gasteiger partial charge in [0.25, 0.3) is 5.91 Å². The van der Waals surface area contributed by atoms with E-state index >= 15 is 0 Å². The fraction of sp³-hybridized carbons (Fsp3) is 0.448. The lowest BCUT2D eigenvalue weighted by Crippen LogP contribution is -2.38. The summed E-state index contributed by atoms with van der Waals surface area (Å²) in [5.74, 6) is 0.722. The zero-order valence-corrected chi connectivity index (χ0v) is 21.3. The Balaban J connectivity index is 1.52. The van der Waals surface area contributed by atoms with E-state index in [1.165, 1.54) is 0 Å². The zero-order chi connectivity index (χ0) is 25.2. The molecule has 3 heterocycles. The normalized spacial score (nSPS) is 18.1. The van der Waals surface area contributed by atoms with Gasteiger partial charge in [-0.3, -0.25) is 14.5 Å². The van der Waals surface area contributed by atoms with Crippen molar-refractivity contribution in [3.8, 4) is 5.75 Å². The SMILES string of the molecule is CCCOc1ccc([C@@H]2c3c(oc4cc(C)c(C)cc4c3=O)C(=O)N2CCCN2CCOCC2)cc1. The van der Waals surface area contributed by atoms with Crippen LogP contribution in [0, 0.1) is 13.8 Å². The highest BCUT2D eigenvalue weighted by Crippen LogP contribution is 2.39. The summed E-state index contributed by atoms with van der Waals surface area (Å²) in [5, 5.41) is 0.521. The Hall–Kier alpha value is -3.16. The summed E-state index contributed by atoms with van der Waals surface area (Å²) in [6, 6.07) is 11.0. The maximum absolute atomic E-state index is 13.8. The molecule has 7 heteroatoms. The van der Waals surface area contributed by atoms with Crippen LogP contribution in [0.4, 0.5) is 0 Å². The van der Waals surface area contributed by atoms with E-state index in [2.05, 4.69) is 11.8 Å². The Bertz CT molecular complexity index is 1310. The molecule has 0 radical (unpaired) electrons. The van der Waals surface area contributed by atoms with Crippen molar-refractivity contribution in [2.24, 2.45) is 0 Å². The Morgan fingerprint density at radius 3 is 2.44 bits per heavy atom. The Morgan fingerprint density at radius 2 is 1.72 bits per heavy atom. The fourth-order valence-corrected chi connectivity index (χ4v) is 5.11. The van der Waals surface area contributed by atoms with Gasteiger partial charge in [0, 0.05) is 26.2 Å². The highest BCUT2D eigenvalue weighted by molar-refractivity contribution is 5.99. The van der Waals surface area contributed by atoms with Crippen molar-refractivity contribution in [1.82, 2.24) is 9.80 Å². The molecule has 1 atom stereocenters. The molecule has 3 aromatic rings. The van der Waals surface area contributed by atoms with Crippen LogP contribution in [0.3, 0.4) is 0 Å². The minimum atomic E-state index is -0.486. The molecular formula is C29H34N2O5. The maximum atomic E-state index is 13.8. The van der Waals surface area contributed by atoms with Gasteiger partial charge in [-0.25, -0.2) is 0 Å². The largest absolute Gasteiger partial charge is 0.494 e. The summed E-state index contributed by atoms with van der Waals surface area (Å²) in [6.45, 7) is 11.4. The molecule has 36 heavy (non-hydrogen) atoms. The van der Waals surface area contributed by atoms with Crippen LogP contribution in [0.2, 0.25) is 0 Å². The van der Waals surface area contributed by atoms with Crippen molar-refractivity contribution < 1.29 is 18.7 Å². The average Bonchev–Trinajstić information content (AvgIpc) is 3.17. The highest BCUT2D eigenvalue weighted by atomic mass is 16.5. The lowest BCUT2D eigenvalue weighted by atomic mass is 9.97. The summed E-state index contributed by atoms with van der Waals surface area (Å²) in [7, 11) is 0. The lowest BCUT2D eigenvalue weighted by Gasteiger charge is -2.29. The highest BCUT2D eigenvalue weighted by Gasteiger charge is 2.42. The number of carbonyl (C=O) groups excluding carboxylic acids is 1. The first-order valence-corrected chi connectivity index (χ1v) is 12.9. The molecule has 1 saturated heterocycles. The van der Waals surface area contributed by atoms with Gasteiger partial charge in [0.05, 0.1) is 36.8 Å². The number of rotatable bonds is 8. The quantitative estimate of drug-likeness (QED) is 0.464. The Morgan fingerprint density at radius 1 is 1.00 bits per heavy atom. The number of morpholine rings is 1. The second-order valence-corrected chi connectivity index (χ2v) is 9.73. The number of hydrogen-bond donors (Lipinski definition) is 0. The van der Waals surface area contributed by atoms with Crippen LogP contribution in [0.15, 0.2) is 45.6 Å². The predicted octanol–water partition coefficient (Wildman–Crippen LogP) is 4.47. The van der Waals surface area contributed by atoms with Gasteiger partial charge in [0.15, 0.2) is 5.43 Å². The molecule has 2 aliphatic heterocycles. The van der Waals surface area contributed by atoms with E-state index in [-0.39, 0.29) is 17.1 Å². The van der Waals surface area contributed by atoms with Crippen molar-refractivity contribution in [3.63, 3.8) is 0 Å². The van der Waals surface area contributed by atoms with Crippen molar-refractivity contribution in [3.05, 3.63) is 74.6 Å². The van der Waals surface area contributed by atoms with Crippen molar-refractivity contribution >= 4 is 16.9 Å². The third-order valence-electron chi connectivity index (χ3n) is 7.23. The van der Waals surface area contributed by atoms with Crippen molar-refractivity contribution in [1.29, 1.82) is 0 Å². The van der Waals surface area contributed by atoms with Crippen LogP contribution >= 0.6 is 0 Å². The second kappa shape index (κ2) is 10.4. The summed E-state index contributed by atoms with van der Waals surface area (Å²) in [6.07, 6.45) is 1.73. The molecule has 1 aromatic heterocycles. The summed E-state index contributed by atoms with van der Waals surface area (Å²) < 4.78 is 17.3. The van der Waals surface area contributed by atoms with E-state index in [4.69, 9.17) is 13.9 Å². The molecule has 0 saturated carbocycles. The first-order chi connectivity index (χ1) is 17.5. The van der Waals surface area contributed by atoms with E-state index in [0.29, 0.717) is 29.7 Å². The van der Waals surface area contributed by atoms with E-state index in [1.54, 1.807) is 4.90 Å². The van der Waals surface area contributed by atoms with E-state index in [0.717, 1.165) is 68.1 Å². The standard InChI is InChI=1S/C29H34N2O5/c1-4-14-35-22-8-6-21(7-9-22)26-25-27(32)23-17-19(2)20(3)18-24(23)36-28(25)29(33)31(26)11-5-10-30-12-15-34-16-13-30/h6-9,17-18,26H,4-5,10-16H2,1-3H3/t26-/m1/s1. The molecule has 190 valence electrons. The first kappa shape index (κ1) is 24.5. The smallest absolute Gasteiger partial charge is 0.290 e. The summed E-state index contributed by atoms with van der Waals surface area (Å²) in [5.41, 5.74) is 3.70. The third kappa shape index (κ3) is 4.65. The van der Waals surface area contributed by atoms with Gasteiger partial charge >= 0.3 is 0 Å². The van der Waals surface area contributed by atoms with E-state index in [9.17, 15) is 9.59 Å². The van der Waals surface area contributed by atoms with Gasteiger partial charge < -0.3 is 18.8 Å². The van der Waals surface area contributed by atoms with Gasteiger partial charge in [0.1, 0.15) is 11.3 Å². The first-order valence-electron chi connectivity index (χ1n) is 12.9. The van der Waals surface area contributed by atoms with Crippen molar-refractivity contribution in [2.45, 2.75) is 39.7 Å². The van der Waals surface area contributed by atoms with Crippen molar-refractivity contribution in [2.75, 3.05) is 46.0 Å². The molecule has 5 rings (SSSR count). The number of ether oxygens (including phenoxy) is 2. The van der Waals surface area contributed by atoms with Gasteiger partial charge in [-0.15, -0.1) is 0 Å². The topological polar surface area (TPSA) is 72.2 Å². The minimum absolute atomic E-state index is 0.130. The van der Waals surface area contributed by atoms with E-state index in [1.807, 2.05) is 50.2 Å². The predicted molar refractivity (Wildman–Crippen MR) is 139 cm³/mol. The molecule has 1 fully saturated rings. The van der Waals surface area contributed by atoms with Crippen LogP contribution in [0.5, 0.6) is 5.75 Å². The van der Waals surface area contributed by atoms with Gasteiger partial charge in [0.2, 0.25) is 5.76 Å². The maximum Gasteiger partial charge on any atom is 0.290 e. The number of carbonyl (C=O) groups is 1. The molecular weight excluding hydrogens is 456 g/mol. The minimum Gasteiger partial charge on any atom is -0.494 e. The number of fused-ring (bicyclic) bond motifs is 2. The molecule has 0 spiro atoms. The zero-order valence-electron chi connectivity index (χ0n) is 21.3. The summed E-state index contributed by atoms with van der Waals surface area (Å²) in [4.78, 5) is 31.6. The van der Waals surface area contributed by atoms with Crippen LogP contribution in [0.1, 0.15) is 58.6 Å². The van der Waals surface area contributed by atoms with Crippen LogP contribution in [-0.2, 0) is 4.74 Å². The Kier molecular flexibility index (Phi) is 7.12. The number of nitrogens with zero attached hydrogens (tertiary/aromatic N) is 2. The number of aryl methyl sites for hydroxylation is 2. The fourth-order valence-electron chi connectivity index (χ4n) is 5.11. The van der Waals surface area contributed by atoms with Crippen LogP contribution < -0.4 is 10.2 Å². The molecule has 0 N–H and O–H groups in total. The van der Waals surface area contributed by atoms with E-state index < -0.39 is 6.04 Å². The number of benzene rings is 2. The molecule has 0 aliphatic carbocycles. The molecule has 0 unspecified atom stereocenters. The molecule has 7 nitrogen and oxygen atoms in total.